The van der Waals surface area contributed by atoms with E-state index in [1.165, 1.54) is 8.97 Å². The fourth-order valence-electron chi connectivity index (χ4n) is 3.13. The highest BCUT2D eigenvalue weighted by Gasteiger charge is 2.20. The number of nitrogens with zero attached hydrogens (tertiary/aromatic N) is 5. The van der Waals surface area contributed by atoms with Crippen LogP contribution in [0.5, 0.6) is 5.88 Å². The molecule has 0 N–H and O–H groups in total. The van der Waals surface area contributed by atoms with Gasteiger partial charge in [0.25, 0.3) is 5.65 Å². The number of nitriles is 1. The maximum Gasteiger partial charge on any atom is 0.349 e. The normalized spacial score (nSPS) is 10.9. The van der Waals surface area contributed by atoms with E-state index in [9.17, 15) is 9.90 Å². The summed E-state index contributed by atoms with van der Waals surface area (Å²) in [6.45, 7) is 1.88. The van der Waals surface area contributed by atoms with Gasteiger partial charge < -0.3 is 9.63 Å². The van der Waals surface area contributed by atoms with Gasteiger partial charge in [-0.1, -0.05) is 29.4 Å². The van der Waals surface area contributed by atoms with E-state index in [1.54, 1.807) is 55.6 Å². The van der Waals surface area contributed by atoms with Gasteiger partial charge in [0, 0.05) is 18.6 Å². The maximum absolute atomic E-state index is 13.2. The number of fused-ring (bicyclic) bond motifs is 1. The highest BCUT2D eigenvalue weighted by Crippen LogP contribution is 2.26. The Balaban J connectivity index is 1.97. The molecule has 0 spiro atoms. The van der Waals surface area contributed by atoms with E-state index in [1.807, 2.05) is 6.07 Å². The summed E-state index contributed by atoms with van der Waals surface area (Å²) in [4.78, 5) is 17.3. The lowest BCUT2D eigenvalue weighted by Crippen LogP contribution is -2.43. The van der Waals surface area contributed by atoms with E-state index >= 15 is 0 Å². The summed E-state index contributed by atoms with van der Waals surface area (Å²) in [5.41, 5.74) is 1.15. The van der Waals surface area contributed by atoms with Gasteiger partial charge in [-0.3, -0.25) is 0 Å². The van der Waals surface area contributed by atoms with Crippen molar-refractivity contribution in [2.45, 2.75) is 19.9 Å². The fourth-order valence-corrected chi connectivity index (χ4v) is 3.13. The van der Waals surface area contributed by atoms with Crippen molar-refractivity contribution in [3.05, 3.63) is 64.9 Å². The van der Waals surface area contributed by atoms with Crippen LogP contribution in [0.15, 0.2) is 58.0 Å². The zero-order valence-corrected chi connectivity index (χ0v) is 15.0. The lowest BCUT2D eigenvalue weighted by Gasteiger charge is -2.16. The molecular weight excluding hydrogens is 358 g/mol. The third kappa shape index (κ3) is 2.89. The first kappa shape index (κ1) is 17.4. The summed E-state index contributed by atoms with van der Waals surface area (Å²) < 4.78 is 7.88. The molecule has 0 bridgehead atoms. The van der Waals surface area contributed by atoms with E-state index in [4.69, 9.17) is 9.78 Å². The van der Waals surface area contributed by atoms with Crippen molar-refractivity contribution in [3.63, 3.8) is 0 Å². The molecule has 0 aliphatic heterocycles. The minimum absolute atomic E-state index is 0.0312. The third-order valence-electron chi connectivity index (χ3n) is 4.39. The lowest BCUT2D eigenvalue weighted by atomic mass is 10.0. The van der Waals surface area contributed by atoms with Crippen LogP contribution in [0.1, 0.15) is 12.3 Å². The minimum Gasteiger partial charge on any atom is -0.842 e. The predicted molar refractivity (Wildman–Crippen MR) is 97.0 cm³/mol. The largest absolute Gasteiger partial charge is 0.842 e. The Morgan fingerprint density at radius 1 is 1.25 bits per heavy atom. The molecular formula is C20H15N5O3. The number of aromatic nitrogens is 4. The van der Waals surface area contributed by atoms with Gasteiger partial charge in [-0.25, -0.2) is 9.36 Å². The molecule has 0 unspecified atom stereocenters. The molecule has 3 heterocycles. The number of pyridine rings is 1. The maximum atomic E-state index is 13.2. The van der Waals surface area contributed by atoms with Gasteiger partial charge in [-0.05, 0) is 17.7 Å². The summed E-state index contributed by atoms with van der Waals surface area (Å²) in [6.07, 6.45) is 1.76. The Morgan fingerprint density at radius 3 is 2.82 bits per heavy atom. The molecule has 0 atom stereocenters. The van der Waals surface area contributed by atoms with Gasteiger partial charge in [-0.2, -0.15) is 14.6 Å². The smallest absolute Gasteiger partial charge is 0.349 e. The molecule has 0 radical (unpaired) electrons. The van der Waals surface area contributed by atoms with Crippen LogP contribution in [-0.2, 0) is 6.54 Å². The number of aryl methyl sites for hydroxylation is 2. The molecule has 8 nitrogen and oxygen atoms in total. The van der Waals surface area contributed by atoms with Crippen molar-refractivity contribution in [1.29, 1.82) is 5.26 Å². The minimum atomic E-state index is -0.437. The average molecular weight is 373 g/mol. The van der Waals surface area contributed by atoms with Crippen molar-refractivity contribution in [1.82, 2.24) is 14.5 Å². The first-order chi connectivity index (χ1) is 13.6. The molecule has 0 amide bonds. The molecule has 138 valence electrons. The van der Waals surface area contributed by atoms with E-state index in [0.29, 0.717) is 28.5 Å². The second kappa shape index (κ2) is 6.96. The van der Waals surface area contributed by atoms with Crippen LogP contribution in [0.4, 0.5) is 0 Å². The van der Waals surface area contributed by atoms with Crippen LogP contribution in [0.25, 0.3) is 28.2 Å². The molecule has 0 fully saturated rings. The molecule has 0 aliphatic rings. The predicted octanol–water partition coefficient (Wildman–Crippen LogP) is 1.60. The average Bonchev–Trinajstić information content (AvgIpc) is 3.15. The highest BCUT2D eigenvalue weighted by molar-refractivity contribution is 5.72. The van der Waals surface area contributed by atoms with Crippen molar-refractivity contribution < 1.29 is 14.2 Å². The van der Waals surface area contributed by atoms with E-state index < -0.39 is 11.4 Å². The van der Waals surface area contributed by atoms with E-state index in [2.05, 4.69) is 10.1 Å². The lowest BCUT2D eigenvalue weighted by molar-refractivity contribution is -0.714. The number of benzene rings is 1. The Kier molecular flexibility index (Phi) is 4.33. The number of hydrogen-bond donors (Lipinski definition) is 0. The van der Waals surface area contributed by atoms with Crippen LogP contribution in [0, 0.1) is 18.3 Å². The van der Waals surface area contributed by atoms with Gasteiger partial charge in [0.15, 0.2) is 0 Å². The first-order valence-corrected chi connectivity index (χ1v) is 8.62. The number of hydrogen-bond acceptors (Lipinski definition) is 6. The zero-order chi connectivity index (χ0) is 19.7. The highest BCUT2D eigenvalue weighted by atomic mass is 16.5. The van der Waals surface area contributed by atoms with Crippen LogP contribution in [-0.4, -0.2) is 14.5 Å². The van der Waals surface area contributed by atoms with Crippen molar-refractivity contribution >= 4 is 5.65 Å². The van der Waals surface area contributed by atoms with Crippen LogP contribution >= 0.6 is 0 Å². The summed E-state index contributed by atoms with van der Waals surface area (Å²) in [5.74, 6) is 0.364. The van der Waals surface area contributed by atoms with Crippen molar-refractivity contribution in [2.24, 2.45) is 0 Å². The molecule has 1 aromatic carbocycles. The SMILES string of the molecule is Cc1nc(-c2cccc(-c3c([O-])[n+](CCC#N)c4ccccn4c3=O)c2)no1. The van der Waals surface area contributed by atoms with E-state index in [-0.39, 0.29) is 18.5 Å². The summed E-state index contributed by atoms with van der Waals surface area (Å²) in [7, 11) is 0. The summed E-state index contributed by atoms with van der Waals surface area (Å²) >= 11 is 0. The van der Waals surface area contributed by atoms with Crippen molar-refractivity contribution in [2.75, 3.05) is 0 Å². The fraction of sp³-hybridized carbons (Fsp3) is 0.150. The van der Waals surface area contributed by atoms with Crippen molar-refractivity contribution in [3.8, 4) is 34.5 Å². The molecule has 3 aromatic heterocycles. The Labute approximate surface area is 159 Å². The molecule has 0 saturated heterocycles. The monoisotopic (exact) mass is 373 g/mol. The zero-order valence-electron chi connectivity index (χ0n) is 15.0. The molecule has 0 saturated carbocycles. The number of rotatable bonds is 4. The van der Waals surface area contributed by atoms with Crippen LogP contribution < -0.4 is 15.2 Å². The van der Waals surface area contributed by atoms with Gasteiger partial charge in [0.1, 0.15) is 12.1 Å². The Bertz CT molecular complexity index is 1280. The second-order valence-electron chi connectivity index (χ2n) is 6.19. The molecule has 28 heavy (non-hydrogen) atoms. The quantitative estimate of drug-likeness (QED) is 0.502. The molecule has 0 aliphatic carbocycles. The molecule has 4 aromatic rings. The van der Waals surface area contributed by atoms with Gasteiger partial charge in [-0.15, -0.1) is 0 Å². The van der Waals surface area contributed by atoms with E-state index in [0.717, 1.165) is 0 Å². The van der Waals surface area contributed by atoms with Gasteiger partial charge >= 0.3 is 5.56 Å². The Morgan fingerprint density at radius 2 is 2.07 bits per heavy atom. The van der Waals surface area contributed by atoms with Crippen LogP contribution in [0.3, 0.4) is 0 Å². The summed E-state index contributed by atoms with van der Waals surface area (Å²) in [6, 6.07) is 14.1. The third-order valence-corrected chi connectivity index (χ3v) is 4.39. The second-order valence-corrected chi connectivity index (χ2v) is 6.19. The van der Waals surface area contributed by atoms with Gasteiger partial charge in [0.2, 0.25) is 11.7 Å². The molecule has 8 heteroatoms. The summed E-state index contributed by atoms with van der Waals surface area (Å²) in [5, 5.41) is 26.0. The topological polar surface area (TPSA) is 111 Å². The molecule has 4 rings (SSSR count). The first-order valence-electron chi connectivity index (χ1n) is 8.62. The van der Waals surface area contributed by atoms with Gasteiger partial charge in [0.05, 0.1) is 24.6 Å². The van der Waals surface area contributed by atoms with Crippen LogP contribution in [0.2, 0.25) is 0 Å². The Hall–Kier alpha value is -3.99. The standard InChI is InChI=1S/C20H15N5O3/c1-13-22-18(23-28-13)15-7-4-6-14(12-15)17-19(26)24-10-3-2-8-16(24)25(20(17)27)11-5-9-21/h2-4,6-8,10,12H,5,11H2,1H3.